The van der Waals surface area contributed by atoms with Crippen molar-refractivity contribution in [1.29, 1.82) is 0 Å². The molecule has 116 valence electrons. The molecule has 2 atom stereocenters. The summed E-state index contributed by atoms with van der Waals surface area (Å²) in [6.07, 6.45) is 0. The van der Waals surface area contributed by atoms with E-state index in [1.165, 1.54) is 6.07 Å². The van der Waals surface area contributed by atoms with E-state index >= 15 is 0 Å². The van der Waals surface area contributed by atoms with Crippen LogP contribution in [0.4, 0.5) is 5.69 Å². The number of nitrogens with two attached hydrogens (primary N) is 1. The first-order valence-electron chi connectivity index (χ1n) is 6.78. The molecule has 1 aliphatic heterocycles. The van der Waals surface area contributed by atoms with Crippen molar-refractivity contribution in [3.8, 4) is 0 Å². The topological polar surface area (TPSA) is 98.5 Å². The SMILES string of the molecule is CCS(=O)(=O)c1ccccc1NC(=O)C1(C)COCC1N. The van der Waals surface area contributed by atoms with Gasteiger partial charge in [-0.05, 0) is 19.1 Å². The van der Waals surface area contributed by atoms with Crippen LogP contribution in [0.3, 0.4) is 0 Å². The average molecular weight is 312 g/mol. The number of hydrogen-bond donors (Lipinski definition) is 2. The summed E-state index contributed by atoms with van der Waals surface area (Å²) in [5, 5.41) is 2.69. The van der Waals surface area contributed by atoms with Crippen LogP contribution in [0.25, 0.3) is 0 Å². The van der Waals surface area contributed by atoms with Gasteiger partial charge in [0.25, 0.3) is 0 Å². The minimum Gasteiger partial charge on any atom is -0.379 e. The lowest BCUT2D eigenvalue weighted by atomic mass is 9.85. The zero-order chi connectivity index (χ0) is 15.7. The third-order valence-corrected chi connectivity index (χ3v) is 5.67. The summed E-state index contributed by atoms with van der Waals surface area (Å²) in [6.45, 7) is 3.83. The molecule has 1 amide bonds. The van der Waals surface area contributed by atoms with E-state index in [0.29, 0.717) is 6.61 Å². The smallest absolute Gasteiger partial charge is 0.234 e. The normalized spacial score (nSPS) is 25.8. The minimum absolute atomic E-state index is 0.0280. The first-order chi connectivity index (χ1) is 9.81. The summed E-state index contributed by atoms with van der Waals surface area (Å²) in [4.78, 5) is 12.6. The van der Waals surface area contributed by atoms with Crippen molar-refractivity contribution < 1.29 is 17.9 Å². The molecule has 0 radical (unpaired) electrons. The Morgan fingerprint density at radius 1 is 1.48 bits per heavy atom. The molecule has 0 saturated carbocycles. The molecule has 21 heavy (non-hydrogen) atoms. The Labute approximate surface area is 124 Å². The van der Waals surface area contributed by atoms with Gasteiger partial charge in [-0.3, -0.25) is 4.79 Å². The van der Waals surface area contributed by atoms with Crippen LogP contribution < -0.4 is 11.1 Å². The van der Waals surface area contributed by atoms with Gasteiger partial charge in [0.1, 0.15) is 0 Å². The average Bonchev–Trinajstić information content (AvgIpc) is 2.80. The third kappa shape index (κ3) is 2.95. The summed E-state index contributed by atoms with van der Waals surface area (Å²) >= 11 is 0. The number of anilines is 1. The van der Waals surface area contributed by atoms with Gasteiger partial charge in [0.15, 0.2) is 9.84 Å². The molecule has 0 bridgehead atoms. The second-order valence-electron chi connectivity index (χ2n) is 5.39. The van der Waals surface area contributed by atoms with E-state index in [2.05, 4.69) is 5.32 Å². The number of benzene rings is 1. The van der Waals surface area contributed by atoms with E-state index in [4.69, 9.17) is 10.5 Å². The van der Waals surface area contributed by atoms with E-state index in [1.807, 2.05) is 0 Å². The molecular weight excluding hydrogens is 292 g/mol. The second kappa shape index (κ2) is 5.75. The molecule has 0 aliphatic carbocycles. The molecule has 1 aromatic rings. The van der Waals surface area contributed by atoms with Gasteiger partial charge in [0, 0.05) is 6.04 Å². The third-order valence-electron chi connectivity index (χ3n) is 3.89. The quantitative estimate of drug-likeness (QED) is 0.856. The van der Waals surface area contributed by atoms with Crippen LogP contribution in [0.15, 0.2) is 29.2 Å². The highest BCUT2D eigenvalue weighted by Crippen LogP contribution is 2.30. The van der Waals surface area contributed by atoms with Gasteiger partial charge in [-0.1, -0.05) is 19.1 Å². The maximum absolute atomic E-state index is 12.4. The number of ether oxygens (including phenoxy) is 1. The van der Waals surface area contributed by atoms with E-state index in [-0.39, 0.29) is 28.8 Å². The number of nitrogens with one attached hydrogen (secondary N) is 1. The van der Waals surface area contributed by atoms with Crippen molar-refractivity contribution in [2.75, 3.05) is 24.3 Å². The van der Waals surface area contributed by atoms with Crippen LogP contribution in [-0.2, 0) is 19.4 Å². The monoisotopic (exact) mass is 312 g/mol. The number of para-hydroxylation sites is 1. The Bertz CT molecular complexity index is 644. The van der Waals surface area contributed by atoms with Gasteiger partial charge in [-0.2, -0.15) is 0 Å². The van der Waals surface area contributed by atoms with Crippen LogP contribution in [0.1, 0.15) is 13.8 Å². The molecule has 1 aromatic carbocycles. The van der Waals surface area contributed by atoms with Crippen LogP contribution in [-0.4, -0.2) is 39.3 Å². The maximum Gasteiger partial charge on any atom is 0.234 e. The minimum atomic E-state index is -3.41. The summed E-state index contributed by atoms with van der Waals surface area (Å²) < 4.78 is 29.4. The van der Waals surface area contributed by atoms with Gasteiger partial charge in [0.05, 0.1) is 35.0 Å². The number of carbonyl (C=O) groups is 1. The van der Waals surface area contributed by atoms with E-state index < -0.39 is 21.3 Å². The molecule has 7 heteroatoms. The number of hydrogen-bond acceptors (Lipinski definition) is 5. The van der Waals surface area contributed by atoms with E-state index in [0.717, 1.165) is 0 Å². The van der Waals surface area contributed by atoms with Gasteiger partial charge < -0.3 is 15.8 Å². The van der Waals surface area contributed by atoms with E-state index in [9.17, 15) is 13.2 Å². The highest BCUT2D eigenvalue weighted by molar-refractivity contribution is 7.91. The number of sulfone groups is 1. The van der Waals surface area contributed by atoms with Gasteiger partial charge in [-0.25, -0.2) is 8.42 Å². The Morgan fingerprint density at radius 3 is 2.71 bits per heavy atom. The largest absolute Gasteiger partial charge is 0.379 e. The molecule has 1 fully saturated rings. The molecule has 2 unspecified atom stereocenters. The molecule has 2 rings (SSSR count). The Kier molecular flexibility index (Phi) is 4.36. The predicted molar refractivity (Wildman–Crippen MR) is 79.7 cm³/mol. The highest BCUT2D eigenvalue weighted by atomic mass is 32.2. The van der Waals surface area contributed by atoms with Gasteiger partial charge in [0.2, 0.25) is 5.91 Å². The lowest BCUT2D eigenvalue weighted by Crippen LogP contribution is -2.47. The molecule has 0 aromatic heterocycles. The predicted octanol–water partition coefficient (Wildman–Crippen LogP) is 0.782. The van der Waals surface area contributed by atoms with E-state index in [1.54, 1.807) is 32.0 Å². The summed E-state index contributed by atoms with van der Waals surface area (Å²) in [5.74, 6) is -0.356. The van der Waals surface area contributed by atoms with Crippen LogP contribution >= 0.6 is 0 Å². The molecule has 0 spiro atoms. The van der Waals surface area contributed by atoms with Crippen molar-refractivity contribution >= 4 is 21.4 Å². The number of amides is 1. The number of rotatable bonds is 4. The van der Waals surface area contributed by atoms with Crippen molar-refractivity contribution in [2.24, 2.45) is 11.1 Å². The lowest BCUT2D eigenvalue weighted by Gasteiger charge is -2.26. The summed E-state index contributed by atoms with van der Waals surface area (Å²) in [7, 11) is -3.41. The fraction of sp³-hybridized carbons (Fsp3) is 0.500. The van der Waals surface area contributed by atoms with Crippen molar-refractivity contribution in [3.05, 3.63) is 24.3 Å². The first kappa shape index (κ1) is 15.9. The van der Waals surface area contributed by atoms with Gasteiger partial charge in [-0.15, -0.1) is 0 Å². The fourth-order valence-corrected chi connectivity index (χ4v) is 3.24. The van der Waals surface area contributed by atoms with Crippen LogP contribution in [0.2, 0.25) is 0 Å². The van der Waals surface area contributed by atoms with Gasteiger partial charge >= 0.3 is 0 Å². The molecule has 1 aliphatic rings. The van der Waals surface area contributed by atoms with Crippen molar-refractivity contribution in [3.63, 3.8) is 0 Å². The Morgan fingerprint density at radius 2 is 2.14 bits per heavy atom. The van der Waals surface area contributed by atoms with Crippen LogP contribution in [0, 0.1) is 5.41 Å². The second-order valence-corrected chi connectivity index (χ2v) is 7.64. The Balaban J connectivity index is 2.31. The summed E-state index contributed by atoms with van der Waals surface area (Å²) in [5.41, 5.74) is 5.34. The zero-order valence-electron chi connectivity index (χ0n) is 12.1. The molecule has 6 nitrogen and oxygen atoms in total. The Hall–Kier alpha value is -1.44. The zero-order valence-corrected chi connectivity index (χ0v) is 12.9. The van der Waals surface area contributed by atoms with Crippen molar-refractivity contribution in [1.82, 2.24) is 0 Å². The molecule has 1 saturated heterocycles. The molecule has 3 N–H and O–H groups in total. The highest BCUT2D eigenvalue weighted by Gasteiger charge is 2.44. The summed E-state index contributed by atoms with van der Waals surface area (Å²) in [6, 6.07) is 5.96. The molecular formula is C14H20N2O4S. The maximum atomic E-state index is 12.4. The first-order valence-corrected chi connectivity index (χ1v) is 8.43. The van der Waals surface area contributed by atoms with Crippen molar-refractivity contribution in [2.45, 2.75) is 24.8 Å². The standard InChI is InChI=1S/C14H20N2O4S/c1-3-21(18,19)11-7-5-4-6-10(11)16-13(17)14(2)9-20-8-12(14)15/h4-7,12H,3,8-9,15H2,1-2H3,(H,16,17). The molecule has 1 heterocycles. The fourth-order valence-electron chi connectivity index (χ4n) is 2.18. The van der Waals surface area contributed by atoms with Crippen LogP contribution in [0.5, 0.6) is 0 Å². The number of carbonyl (C=O) groups excluding carboxylic acids is 1. The lowest BCUT2D eigenvalue weighted by molar-refractivity contribution is -0.125.